The Kier molecular flexibility index (Phi) is 18.8. The van der Waals surface area contributed by atoms with E-state index in [1.165, 1.54) is 13.8 Å². The van der Waals surface area contributed by atoms with Gasteiger partial charge in [0.25, 0.3) is 0 Å². The zero-order valence-electron chi connectivity index (χ0n) is 27.6. The van der Waals surface area contributed by atoms with Gasteiger partial charge in [-0.05, 0) is 85.5 Å². The number of hydrogen-bond donors (Lipinski definition) is 0. The Morgan fingerprint density at radius 3 is 1.19 bits per heavy atom. The van der Waals surface area contributed by atoms with Crippen LogP contribution in [0.5, 0.6) is 0 Å². The molecule has 2 saturated heterocycles. The summed E-state index contributed by atoms with van der Waals surface area (Å²) in [5, 5.41) is 0. The highest BCUT2D eigenvalue weighted by Crippen LogP contribution is 2.31. The molecule has 0 aromatic rings. The van der Waals surface area contributed by atoms with Crippen LogP contribution in [0.25, 0.3) is 0 Å². The van der Waals surface area contributed by atoms with Crippen molar-refractivity contribution >= 4 is 23.9 Å². The topological polar surface area (TPSA) is 105 Å². The average Bonchev–Trinajstić information content (AvgIpc) is 2.88. The van der Waals surface area contributed by atoms with Crippen molar-refractivity contribution in [3.8, 4) is 0 Å². The molecule has 0 bridgehead atoms. The molecule has 10 nitrogen and oxygen atoms in total. The van der Waals surface area contributed by atoms with Gasteiger partial charge in [-0.2, -0.15) is 0 Å². The molecule has 0 saturated carbocycles. The third-order valence-corrected chi connectivity index (χ3v) is 10.1. The Morgan fingerprint density at radius 1 is 0.605 bits per heavy atom. The van der Waals surface area contributed by atoms with Gasteiger partial charge < -0.3 is 61.9 Å². The van der Waals surface area contributed by atoms with E-state index in [0.29, 0.717) is 65.5 Å². The van der Waals surface area contributed by atoms with Gasteiger partial charge >= 0.3 is 23.9 Å². The number of carbonyl (C=O) groups is 4. The van der Waals surface area contributed by atoms with Crippen LogP contribution in [0, 0.1) is 0 Å². The third-order valence-electron chi connectivity index (χ3n) is 10.1. The van der Waals surface area contributed by atoms with Crippen LogP contribution in [0.4, 0.5) is 0 Å². The van der Waals surface area contributed by atoms with Crippen LogP contribution < -0.4 is 34.0 Å². The van der Waals surface area contributed by atoms with Crippen LogP contribution in [0.15, 0.2) is 0 Å². The number of ether oxygens (including phenoxy) is 4. The van der Waals surface area contributed by atoms with Crippen LogP contribution in [0.2, 0.25) is 0 Å². The number of rotatable bonds is 14. The quantitative estimate of drug-likeness (QED) is 0.0866. The van der Waals surface area contributed by atoms with Crippen molar-refractivity contribution in [1.29, 1.82) is 0 Å². The standard InChI is InChI=1S/C31H56N2O8.2BrH/c1-22-14-12-15-23(2)32(22,7)20-28(40-26(5)34)30(36)38-18-10-9-11-19-39-31(37)29(41-27(6)35)21-33(8)24(3)16-13-17-25(33)4;;/h22-25,28-29H,9-21H2,1-8H3;2*1H/q+2;;/p-2. The minimum absolute atomic E-state index is 0. The molecular formula is C31H56Br2N2O8. The van der Waals surface area contributed by atoms with E-state index < -0.39 is 36.1 Å². The summed E-state index contributed by atoms with van der Waals surface area (Å²) in [6.45, 7) is 12.5. The molecule has 0 N–H and O–H groups in total. The van der Waals surface area contributed by atoms with Crippen molar-refractivity contribution in [2.75, 3.05) is 40.4 Å². The van der Waals surface area contributed by atoms with E-state index in [1.54, 1.807) is 0 Å². The Balaban J connectivity index is 0.00000882. The highest BCUT2D eigenvalue weighted by atomic mass is 79.9. The fourth-order valence-corrected chi connectivity index (χ4v) is 6.53. The zero-order chi connectivity index (χ0) is 30.8. The van der Waals surface area contributed by atoms with E-state index in [4.69, 9.17) is 18.9 Å². The summed E-state index contributed by atoms with van der Waals surface area (Å²) < 4.78 is 23.1. The number of piperidine rings is 2. The molecular weight excluding hydrogens is 688 g/mol. The first kappa shape index (κ1) is 41.8. The highest BCUT2D eigenvalue weighted by molar-refractivity contribution is 5.79. The number of quaternary nitrogens is 2. The van der Waals surface area contributed by atoms with Crippen molar-refractivity contribution in [2.45, 2.75) is 136 Å². The predicted molar refractivity (Wildman–Crippen MR) is 155 cm³/mol. The summed E-state index contributed by atoms with van der Waals surface area (Å²) in [5.74, 6) is -2.02. The fourth-order valence-electron chi connectivity index (χ4n) is 6.53. The Labute approximate surface area is 280 Å². The third kappa shape index (κ3) is 12.2. The SMILES string of the molecule is CC(=O)OC(C[N+]1(C)C(C)CCCC1C)C(=O)OCCCCCOC(=O)C(C[N+]1(C)C(C)CCCC1C)OC(C)=O.[Br-].[Br-]. The van der Waals surface area contributed by atoms with Crippen molar-refractivity contribution in [3.05, 3.63) is 0 Å². The van der Waals surface area contributed by atoms with Crippen LogP contribution in [0.3, 0.4) is 0 Å². The molecule has 0 spiro atoms. The second-order valence-electron chi connectivity index (χ2n) is 12.9. The molecule has 0 radical (unpaired) electrons. The number of esters is 4. The largest absolute Gasteiger partial charge is 1.00 e. The predicted octanol–water partition coefficient (Wildman–Crippen LogP) is -2.07. The lowest BCUT2D eigenvalue weighted by molar-refractivity contribution is -0.959. The molecule has 0 aromatic carbocycles. The number of hydrogen-bond acceptors (Lipinski definition) is 8. The van der Waals surface area contributed by atoms with Crippen molar-refractivity contribution < 1.29 is 81.1 Å². The first-order valence-electron chi connectivity index (χ1n) is 15.6. The molecule has 6 unspecified atom stereocenters. The molecule has 252 valence electrons. The normalized spacial score (nSPS) is 30.0. The lowest BCUT2D eigenvalue weighted by atomic mass is 9.93. The van der Waals surface area contributed by atoms with E-state index in [9.17, 15) is 19.2 Å². The Hall–Kier alpha value is -1.24. The van der Waals surface area contributed by atoms with Gasteiger partial charge in [0.2, 0.25) is 12.2 Å². The van der Waals surface area contributed by atoms with E-state index in [2.05, 4.69) is 41.8 Å². The second kappa shape index (κ2) is 19.3. The molecule has 0 aliphatic carbocycles. The molecule has 0 amide bonds. The number of halogens is 2. The molecule has 0 aromatic heterocycles. The minimum atomic E-state index is -0.936. The molecule has 2 rings (SSSR count). The molecule has 6 atom stereocenters. The molecule has 2 aliphatic rings. The molecule has 2 aliphatic heterocycles. The van der Waals surface area contributed by atoms with Crippen LogP contribution in [-0.2, 0) is 38.1 Å². The van der Waals surface area contributed by atoms with Crippen molar-refractivity contribution in [3.63, 3.8) is 0 Å². The van der Waals surface area contributed by atoms with Crippen LogP contribution >= 0.6 is 0 Å². The monoisotopic (exact) mass is 742 g/mol. The maximum absolute atomic E-state index is 12.9. The van der Waals surface area contributed by atoms with E-state index in [0.717, 1.165) is 38.5 Å². The number of likely N-dealkylation sites (tertiary alicyclic amines) is 2. The summed E-state index contributed by atoms with van der Waals surface area (Å²) >= 11 is 0. The Bertz CT molecular complexity index is 815. The maximum Gasteiger partial charge on any atom is 0.353 e. The van der Waals surface area contributed by atoms with Gasteiger partial charge in [-0.15, -0.1) is 0 Å². The van der Waals surface area contributed by atoms with Crippen LogP contribution in [0.1, 0.15) is 99.3 Å². The lowest BCUT2D eigenvalue weighted by Crippen LogP contribution is -3.00. The molecule has 43 heavy (non-hydrogen) atoms. The lowest BCUT2D eigenvalue weighted by Gasteiger charge is -2.49. The first-order chi connectivity index (χ1) is 19.2. The van der Waals surface area contributed by atoms with Gasteiger partial charge in [0.15, 0.2) is 0 Å². The molecule has 2 fully saturated rings. The number of likely N-dealkylation sites (N-methyl/N-ethyl adjacent to an activating group) is 2. The smallest absolute Gasteiger partial charge is 0.353 e. The van der Waals surface area contributed by atoms with Gasteiger partial charge in [0.1, 0.15) is 13.1 Å². The van der Waals surface area contributed by atoms with Crippen molar-refractivity contribution in [2.24, 2.45) is 0 Å². The summed E-state index contributed by atoms with van der Waals surface area (Å²) in [4.78, 5) is 49.2. The first-order valence-corrected chi connectivity index (χ1v) is 15.6. The average molecular weight is 745 g/mol. The van der Waals surface area contributed by atoms with Gasteiger partial charge in [-0.1, -0.05) is 0 Å². The molecule has 12 heteroatoms. The summed E-state index contributed by atoms with van der Waals surface area (Å²) in [5.41, 5.74) is 0. The van der Waals surface area contributed by atoms with Gasteiger partial charge in [0, 0.05) is 13.8 Å². The minimum Gasteiger partial charge on any atom is -1.00 e. The summed E-state index contributed by atoms with van der Waals surface area (Å²) in [6, 6.07) is 1.46. The van der Waals surface area contributed by atoms with Gasteiger partial charge in [-0.3, -0.25) is 9.59 Å². The number of unbranched alkanes of at least 4 members (excludes halogenated alkanes) is 2. The second-order valence-corrected chi connectivity index (χ2v) is 12.9. The van der Waals surface area contributed by atoms with Gasteiger partial charge in [-0.25, -0.2) is 9.59 Å². The van der Waals surface area contributed by atoms with E-state index in [-0.39, 0.29) is 47.2 Å². The number of nitrogens with zero attached hydrogens (tertiary/aromatic N) is 2. The Morgan fingerprint density at radius 2 is 0.907 bits per heavy atom. The van der Waals surface area contributed by atoms with E-state index >= 15 is 0 Å². The maximum atomic E-state index is 12.9. The summed E-state index contributed by atoms with van der Waals surface area (Å²) in [6.07, 6.45) is 6.61. The zero-order valence-corrected chi connectivity index (χ0v) is 30.7. The van der Waals surface area contributed by atoms with Crippen LogP contribution in [-0.4, -0.2) is 110 Å². The van der Waals surface area contributed by atoms with E-state index in [1.807, 2.05) is 0 Å². The van der Waals surface area contributed by atoms with Gasteiger partial charge in [0.05, 0.1) is 51.5 Å². The summed E-state index contributed by atoms with van der Waals surface area (Å²) in [7, 11) is 4.25. The fraction of sp³-hybridized carbons (Fsp3) is 0.871. The molecule has 2 heterocycles. The van der Waals surface area contributed by atoms with Crippen molar-refractivity contribution in [1.82, 2.24) is 0 Å². The highest BCUT2D eigenvalue weighted by Gasteiger charge is 2.44. The number of carbonyl (C=O) groups excluding carboxylic acids is 4.